The van der Waals surface area contributed by atoms with E-state index in [1.54, 1.807) is 12.1 Å². The molecular formula is C21H25ClN2O4. The van der Waals surface area contributed by atoms with Crippen LogP contribution in [0.25, 0.3) is 0 Å². The normalized spacial score (nSPS) is 17.9. The van der Waals surface area contributed by atoms with Crippen molar-refractivity contribution in [3.8, 4) is 11.5 Å². The number of hydrogen-bond donors (Lipinski definition) is 1. The molecule has 2 aromatic rings. The maximum absolute atomic E-state index is 12.2. The lowest BCUT2D eigenvalue weighted by Gasteiger charge is -2.32. The largest absolute Gasteiger partial charge is 0.489 e. The van der Waals surface area contributed by atoms with Crippen LogP contribution in [0.15, 0.2) is 28.7 Å². The summed E-state index contributed by atoms with van der Waals surface area (Å²) in [4.78, 5) is 14.6. The monoisotopic (exact) mass is 404 g/mol. The topological polar surface area (TPSA) is 63.9 Å². The molecule has 0 aliphatic carbocycles. The van der Waals surface area contributed by atoms with E-state index >= 15 is 0 Å². The quantitative estimate of drug-likeness (QED) is 0.839. The van der Waals surface area contributed by atoms with Gasteiger partial charge in [-0.3, -0.25) is 9.69 Å². The predicted octanol–water partition coefficient (Wildman–Crippen LogP) is 3.80. The number of carbonyl (C=O) groups excluding carboxylic acids is 1. The number of furan rings is 1. The molecule has 2 aliphatic rings. The van der Waals surface area contributed by atoms with E-state index in [2.05, 4.69) is 10.2 Å². The highest BCUT2D eigenvalue weighted by Crippen LogP contribution is 2.38. The van der Waals surface area contributed by atoms with Crippen LogP contribution in [0.2, 0.25) is 5.02 Å². The van der Waals surface area contributed by atoms with E-state index < -0.39 is 0 Å². The molecule has 1 aromatic carbocycles. The van der Waals surface area contributed by atoms with Gasteiger partial charge in [-0.05, 0) is 49.6 Å². The number of carbonyl (C=O) groups is 1. The zero-order valence-electron chi connectivity index (χ0n) is 16.0. The fourth-order valence-electron chi connectivity index (χ4n) is 3.68. The van der Waals surface area contributed by atoms with E-state index in [-0.39, 0.29) is 11.9 Å². The van der Waals surface area contributed by atoms with E-state index in [1.165, 1.54) is 0 Å². The third-order valence-corrected chi connectivity index (χ3v) is 5.44. The number of ether oxygens (including phenoxy) is 2. The summed E-state index contributed by atoms with van der Waals surface area (Å²) in [6.07, 6.45) is 2.67. The van der Waals surface area contributed by atoms with E-state index in [0.717, 1.165) is 56.0 Å². The van der Waals surface area contributed by atoms with E-state index in [1.807, 2.05) is 19.1 Å². The van der Waals surface area contributed by atoms with Crippen molar-refractivity contribution in [3.63, 3.8) is 0 Å². The number of likely N-dealkylation sites (tertiary alicyclic amines) is 1. The number of hydrogen-bond acceptors (Lipinski definition) is 5. The number of piperidine rings is 1. The molecule has 0 unspecified atom stereocenters. The van der Waals surface area contributed by atoms with Crippen molar-refractivity contribution in [1.29, 1.82) is 0 Å². The van der Waals surface area contributed by atoms with Gasteiger partial charge in [0, 0.05) is 32.1 Å². The number of benzene rings is 1. The van der Waals surface area contributed by atoms with Crippen LogP contribution in [0.1, 0.15) is 41.1 Å². The zero-order chi connectivity index (χ0) is 19.5. The fourth-order valence-corrected chi connectivity index (χ4v) is 3.97. The van der Waals surface area contributed by atoms with Gasteiger partial charge in [0.25, 0.3) is 5.91 Å². The highest BCUT2D eigenvalue weighted by Gasteiger charge is 2.23. The first-order valence-corrected chi connectivity index (χ1v) is 10.1. The van der Waals surface area contributed by atoms with Crippen molar-refractivity contribution < 1.29 is 18.7 Å². The molecule has 1 amide bonds. The van der Waals surface area contributed by atoms with Gasteiger partial charge in [-0.25, -0.2) is 0 Å². The Morgan fingerprint density at radius 2 is 2.00 bits per heavy atom. The van der Waals surface area contributed by atoms with Gasteiger partial charge < -0.3 is 19.2 Å². The average molecular weight is 405 g/mol. The molecule has 3 heterocycles. The Morgan fingerprint density at radius 1 is 1.21 bits per heavy atom. The van der Waals surface area contributed by atoms with Gasteiger partial charge in [0.05, 0.1) is 18.2 Å². The Bertz CT molecular complexity index is 843. The lowest BCUT2D eigenvalue weighted by molar-refractivity contribution is 0.0879. The third kappa shape index (κ3) is 4.45. The number of nitrogens with zero attached hydrogens (tertiary/aromatic N) is 1. The van der Waals surface area contributed by atoms with Gasteiger partial charge in [0.2, 0.25) is 0 Å². The second-order valence-corrected chi connectivity index (χ2v) is 7.80. The molecule has 1 N–H and O–H groups in total. The van der Waals surface area contributed by atoms with Crippen molar-refractivity contribution >= 4 is 17.5 Å². The van der Waals surface area contributed by atoms with Gasteiger partial charge in [0.1, 0.15) is 5.76 Å². The molecule has 4 rings (SSSR count). The maximum atomic E-state index is 12.2. The van der Waals surface area contributed by atoms with Gasteiger partial charge in [-0.2, -0.15) is 0 Å². The smallest absolute Gasteiger partial charge is 0.287 e. The minimum absolute atomic E-state index is 0.138. The van der Waals surface area contributed by atoms with Crippen molar-refractivity contribution in [1.82, 2.24) is 10.2 Å². The van der Waals surface area contributed by atoms with Gasteiger partial charge >= 0.3 is 0 Å². The molecule has 7 heteroatoms. The summed E-state index contributed by atoms with van der Waals surface area (Å²) in [6.45, 7) is 5.73. The number of rotatable bonds is 4. The number of amides is 1. The Labute approximate surface area is 169 Å². The Kier molecular flexibility index (Phi) is 5.78. The van der Waals surface area contributed by atoms with E-state index in [4.69, 9.17) is 25.5 Å². The van der Waals surface area contributed by atoms with Crippen LogP contribution in [0.5, 0.6) is 11.5 Å². The SMILES string of the molecule is Cc1ccc(C(=O)NC2CCN(Cc3cc(Cl)c4c(c3)OCCCO4)CC2)o1. The molecule has 0 atom stereocenters. The summed E-state index contributed by atoms with van der Waals surface area (Å²) in [5.74, 6) is 2.37. The van der Waals surface area contributed by atoms with Crippen LogP contribution in [0.4, 0.5) is 0 Å². The lowest BCUT2D eigenvalue weighted by Crippen LogP contribution is -2.44. The number of fused-ring (bicyclic) bond motifs is 1. The standard InChI is InChI=1S/C21H25ClN2O4/c1-14-3-4-18(28-14)21(25)23-16-5-7-24(8-6-16)13-15-11-17(22)20-19(12-15)26-9-2-10-27-20/h3-4,11-12,16H,2,5-10,13H2,1H3,(H,23,25). The van der Waals surface area contributed by atoms with Crippen LogP contribution in [0.3, 0.4) is 0 Å². The summed E-state index contributed by atoms with van der Waals surface area (Å²) in [6, 6.07) is 7.68. The first-order chi connectivity index (χ1) is 13.6. The van der Waals surface area contributed by atoms with Crippen LogP contribution < -0.4 is 14.8 Å². The van der Waals surface area contributed by atoms with Crippen LogP contribution in [0, 0.1) is 6.92 Å². The summed E-state index contributed by atoms with van der Waals surface area (Å²) in [5.41, 5.74) is 1.11. The molecule has 150 valence electrons. The molecule has 0 saturated carbocycles. The van der Waals surface area contributed by atoms with Gasteiger partial charge in [-0.15, -0.1) is 0 Å². The van der Waals surface area contributed by atoms with Gasteiger partial charge in [0.15, 0.2) is 17.3 Å². The lowest BCUT2D eigenvalue weighted by atomic mass is 10.0. The molecule has 0 bridgehead atoms. The van der Waals surface area contributed by atoms with Crippen molar-refractivity contribution in [2.45, 2.75) is 38.8 Å². The van der Waals surface area contributed by atoms with Crippen LogP contribution in [-0.2, 0) is 6.54 Å². The molecular weight excluding hydrogens is 380 g/mol. The molecule has 1 aromatic heterocycles. The molecule has 1 fully saturated rings. The third-order valence-electron chi connectivity index (χ3n) is 5.16. The molecule has 6 nitrogen and oxygen atoms in total. The molecule has 1 saturated heterocycles. The highest BCUT2D eigenvalue weighted by molar-refractivity contribution is 6.32. The van der Waals surface area contributed by atoms with E-state index in [9.17, 15) is 4.79 Å². The average Bonchev–Trinajstić information content (AvgIpc) is 2.97. The summed E-state index contributed by atoms with van der Waals surface area (Å²) >= 11 is 6.40. The second kappa shape index (κ2) is 8.45. The molecule has 0 spiro atoms. The van der Waals surface area contributed by atoms with Crippen LogP contribution in [-0.4, -0.2) is 43.2 Å². The Morgan fingerprint density at radius 3 is 2.75 bits per heavy atom. The molecule has 28 heavy (non-hydrogen) atoms. The maximum Gasteiger partial charge on any atom is 0.287 e. The number of halogens is 1. The number of nitrogens with one attached hydrogen (secondary N) is 1. The van der Waals surface area contributed by atoms with Crippen molar-refractivity contribution in [2.24, 2.45) is 0 Å². The summed E-state index contributed by atoms with van der Waals surface area (Å²) in [7, 11) is 0. The highest BCUT2D eigenvalue weighted by atomic mass is 35.5. The van der Waals surface area contributed by atoms with E-state index in [0.29, 0.717) is 29.7 Å². The first-order valence-electron chi connectivity index (χ1n) is 9.76. The first kappa shape index (κ1) is 19.2. The summed E-state index contributed by atoms with van der Waals surface area (Å²) in [5, 5.41) is 3.68. The van der Waals surface area contributed by atoms with Gasteiger partial charge in [-0.1, -0.05) is 11.6 Å². The zero-order valence-corrected chi connectivity index (χ0v) is 16.8. The van der Waals surface area contributed by atoms with Crippen molar-refractivity contribution in [2.75, 3.05) is 26.3 Å². The molecule has 2 aliphatic heterocycles. The molecule has 0 radical (unpaired) electrons. The second-order valence-electron chi connectivity index (χ2n) is 7.39. The van der Waals surface area contributed by atoms with Crippen LogP contribution >= 0.6 is 11.6 Å². The Balaban J connectivity index is 1.31. The summed E-state index contributed by atoms with van der Waals surface area (Å²) < 4.78 is 16.9. The Hall–Kier alpha value is -2.18. The van der Waals surface area contributed by atoms with Crippen molar-refractivity contribution in [3.05, 3.63) is 46.4 Å². The minimum Gasteiger partial charge on any atom is -0.489 e. The number of aryl methyl sites for hydroxylation is 1. The fraction of sp³-hybridized carbons (Fsp3) is 0.476. The predicted molar refractivity (Wildman–Crippen MR) is 106 cm³/mol. The minimum atomic E-state index is -0.138.